The van der Waals surface area contributed by atoms with Crippen LogP contribution in [0.15, 0.2) is 48.5 Å². The van der Waals surface area contributed by atoms with E-state index >= 15 is 0 Å². The van der Waals surface area contributed by atoms with Crippen LogP contribution in [-0.4, -0.2) is 27.6 Å². The van der Waals surface area contributed by atoms with Crippen LogP contribution in [0.5, 0.6) is 0 Å². The molecular formula is C18H22N2O3S. The van der Waals surface area contributed by atoms with E-state index in [1.807, 2.05) is 44.2 Å². The van der Waals surface area contributed by atoms with E-state index in [1.54, 1.807) is 18.2 Å². The van der Waals surface area contributed by atoms with Gasteiger partial charge in [-0.15, -0.1) is 0 Å². The lowest BCUT2D eigenvalue weighted by Gasteiger charge is -2.20. The summed E-state index contributed by atoms with van der Waals surface area (Å²) in [5.74, 6) is -0.241. The molecule has 0 bridgehead atoms. The molecule has 5 nitrogen and oxygen atoms in total. The number of carbonyl (C=O) groups is 1. The molecule has 0 aliphatic heterocycles. The van der Waals surface area contributed by atoms with Crippen LogP contribution in [0, 0.1) is 6.92 Å². The van der Waals surface area contributed by atoms with Crippen molar-refractivity contribution in [2.75, 3.05) is 17.6 Å². The molecule has 0 radical (unpaired) electrons. The highest BCUT2D eigenvalue weighted by molar-refractivity contribution is 7.92. The summed E-state index contributed by atoms with van der Waals surface area (Å²) >= 11 is 0. The molecule has 0 aliphatic rings. The Balaban J connectivity index is 2.24. The lowest BCUT2D eigenvalue weighted by molar-refractivity contribution is 0.0940. The van der Waals surface area contributed by atoms with Crippen molar-refractivity contribution >= 4 is 21.6 Å². The smallest absolute Gasteiger partial charge is 0.251 e. The highest BCUT2D eigenvalue weighted by Gasteiger charge is 2.17. The molecule has 1 atom stereocenters. The van der Waals surface area contributed by atoms with Crippen LogP contribution in [0.4, 0.5) is 5.69 Å². The van der Waals surface area contributed by atoms with Gasteiger partial charge in [0.05, 0.1) is 18.0 Å². The molecule has 128 valence electrons. The SMILES string of the molecule is Cc1ccc(C(=O)NC(C)c2ccccc2)cc1N(C)S(C)(=O)=O. The molecule has 1 N–H and O–H groups in total. The van der Waals surface area contributed by atoms with E-state index in [-0.39, 0.29) is 11.9 Å². The van der Waals surface area contributed by atoms with Crippen LogP contribution in [0.1, 0.15) is 34.5 Å². The number of hydrogen-bond acceptors (Lipinski definition) is 3. The molecule has 0 heterocycles. The minimum Gasteiger partial charge on any atom is -0.346 e. The monoisotopic (exact) mass is 346 g/mol. The normalized spacial score (nSPS) is 12.5. The first-order valence-electron chi connectivity index (χ1n) is 7.60. The van der Waals surface area contributed by atoms with Gasteiger partial charge in [0.25, 0.3) is 5.91 Å². The number of rotatable bonds is 5. The first-order chi connectivity index (χ1) is 11.2. The fraction of sp³-hybridized carbons (Fsp3) is 0.278. The van der Waals surface area contributed by atoms with E-state index in [1.165, 1.54) is 11.4 Å². The summed E-state index contributed by atoms with van der Waals surface area (Å²) in [4.78, 5) is 12.5. The second-order valence-corrected chi connectivity index (χ2v) is 7.85. The average Bonchev–Trinajstić information content (AvgIpc) is 2.54. The van der Waals surface area contributed by atoms with Gasteiger partial charge in [0.15, 0.2) is 0 Å². The lowest BCUT2D eigenvalue weighted by Crippen LogP contribution is -2.28. The Hall–Kier alpha value is -2.34. The maximum Gasteiger partial charge on any atom is 0.251 e. The van der Waals surface area contributed by atoms with Crippen LogP contribution in [-0.2, 0) is 10.0 Å². The maximum atomic E-state index is 12.5. The number of carbonyl (C=O) groups excluding carboxylic acids is 1. The summed E-state index contributed by atoms with van der Waals surface area (Å²) in [6, 6.07) is 14.6. The number of hydrogen-bond donors (Lipinski definition) is 1. The van der Waals surface area contributed by atoms with Gasteiger partial charge in [0.2, 0.25) is 10.0 Å². The van der Waals surface area contributed by atoms with Gasteiger partial charge in [0.1, 0.15) is 0 Å². The molecule has 2 aromatic rings. The number of nitrogens with zero attached hydrogens (tertiary/aromatic N) is 1. The van der Waals surface area contributed by atoms with Gasteiger partial charge in [-0.2, -0.15) is 0 Å². The topological polar surface area (TPSA) is 66.5 Å². The minimum atomic E-state index is -3.39. The molecule has 0 aromatic heterocycles. The zero-order chi connectivity index (χ0) is 17.9. The molecule has 0 fully saturated rings. The molecule has 24 heavy (non-hydrogen) atoms. The lowest BCUT2D eigenvalue weighted by atomic mass is 10.1. The Kier molecular flexibility index (Phi) is 5.29. The van der Waals surface area contributed by atoms with E-state index in [9.17, 15) is 13.2 Å². The Labute approximate surface area is 143 Å². The molecule has 0 aliphatic carbocycles. The van der Waals surface area contributed by atoms with Gasteiger partial charge < -0.3 is 5.32 Å². The van der Waals surface area contributed by atoms with Crippen LogP contribution in [0.3, 0.4) is 0 Å². The van der Waals surface area contributed by atoms with Crippen molar-refractivity contribution in [3.05, 3.63) is 65.2 Å². The number of nitrogens with one attached hydrogen (secondary N) is 1. The summed E-state index contributed by atoms with van der Waals surface area (Å²) in [5, 5.41) is 2.93. The molecule has 2 rings (SSSR count). The Morgan fingerprint density at radius 1 is 1.12 bits per heavy atom. The number of sulfonamides is 1. The highest BCUT2D eigenvalue weighted by atomic mass is 32.2. The van der Waals surface area contributed by atoms with E-state index in [0.717, 1.165) is 17.4 Å². The number of anilines is 1. The van der Waals surface area contributed by atoms with Crippen LogP contribution >= 0.6 is 0 Å². The predicted molar refractivity (Wildman–Crippen MR) is 96.7 cm³/mol. The van der Waals surface area contributed by atoms with E-state index in [2.05, 4.69) is 5.32 Å². The summed E-state index contributed by atoms with van der Waals surface area (Å²) in [6.45, 7) is 3.72. The Morgan fingerprint density at radius 2 is 1.75 bits per heavy atom. The van der Waals surface area contributed by atoms with E-state index in [0.29, 0.717) is 11.3 Å². The molecule has 6 heteroatoms. The third kappa shape index (κ3) is 4.14. The summed E-state index contributed by atoms with van der Waals surface area (Å²) in [7, 11) is -1.91. The first-order valence-corrected chi connectivity index (χ1v) is 9.45. The number of benzene rings is 2. The van der Waals surface area contributed by atoms with Crippen molar-refractivity contribution in [1.82, 2.24) is 5.32 Å². The Bertz CT molecular complexity index is 833. The van der Waals surface area contributed by atoms with Crippen molar-refractivity contribution < 1.29 is 13.2 Å². The van der Waals surface area contributed by atoms with Gasteiger partial charge in [0, 0.05) is 12.6 Å². The quantitative estimate of drug-likeness (QED) is 0.905. The fourth-order valence-electron chi connectivity index (χ4n) is 2.37. The third-order valence-corrected chi connectivity index (χ3v) is 5.15. The van der Waals surface area contributed by atoms with Crippen molar-refractivity contribution in [2.45, 2.75) is 19.9 Å². The van der Waals surface area contributed by atoms with Crippen LogP contribution in [0.25, 0.3) is 0 Å². The second kappa shape index (κ2) is 7.05. The molecule has 0 saturated heterocycles. The highest BCUT2D eigenvalue weighted by Crippen LogP contribution is 2.23. The van der Waals surface area contributed by atoms with Crippen LogP contribution < -0.4 is 9.62 Å². The molecular weight excluding hydrogens is 324 g/mol. The minimum absolute atomic E-state index is 0.143. The van der Waals surface area contributed by atoms with Crippen LogP contribution in [0.2, 0.25) is 0 Å². The van der Waals surface area contributed by atoms with Crippen molar-refractivity contribution in [1.29, 1.82) is 0 Å². The van der Waals surface area contributed by atoms with Gasteiger partial charge in [-0.3, -0.25) is 9.10 Å². The van der Waals surface area contributed by atoms with Crippen molar-refractivity contribution in [2.24, 2.45) is 0 Å². The van der Waals surface area contributed by atoms with Gasteiger partial charge in [-0.05, 0) is 37.1 Å². The number of amides is 1. The molecule has 0 spiro atoms. The number of aryl methyl sites for hydroxylation is 1. The van der Waals surface area contributed by atoms with Gasteiger partial charge >= 0.3 is 0 Å². The standard InChI is InChI=1S/C18H22N2O3S/c1-13-10-11-16(12-17(13)20(3)24(4,22)23)18(21)19-14(2)15-8-6-5-7-9-15/h5-12,14H,1-4H3,(H,19,21). The van der Waals surface area contributed by atoms with Crippen molar-refractivity contribution in [3.63, 3.8) is 0 Å². The largest absolute Gasteiger partial charge is 0.346 e. The molecule has 1 amide bonds. The summed E-state index contributed by atoms with van der Waals surface area (Å²) < 4.78 is 24.7. The second-order valence-electron chi connectivity index (χ2n) is 5.84. The maximum absolute atomic E-state index is 12.5. The van der Waals surface area contributed by atoms with E-state index in [4.69, 9.17) is 0 Å². The van der Waals surface area contributed by atoms with E-state index < -0.39 is 10.0 Å². The van der Waals surface area contributed by atoms with Gasteiger partial charge in [-0.1, -0.05) is 36.4 Å². The molecule has 0 saturated carbocycles. The predicted octanol–water partition coefficient (Wildman–Crippen LogP) is 2.88. The zero-order valence-electron chi connectivity index (χ0n) is 14.3. The summed E-state index contributed by atoms with van der Waals surface area (Å²) in [5.41, 5.74) is 2.72. The third-order valence-electron chi connectivity index (χ3n) is 3.96. The first kappa shape index (κ1) is 18.0. The zero-order valence-corrected chi connectivity index (χ0v) is 15.1. The summed E-state index contributed by atoms with van der Waals surface area (Å²) in [6.07, 6.45) is 1.14. The fourth-order valence-corrected chi connectivity index (χ4v) is 2.93. The van der Waals surface area contributed by atoms with Gasteiger partial charge in [-0.25, -0.2) is 8.42 Å². The molecule has 1 unspecified atom stereocenters. The average molecular weight is 346 g/mol. The molecule has 2 aromatic carbocycles. The Morgan fingerprint density at radius 3 is 2.33 bits per heavy atom. The van der Waals surface area contributed by atoms with Crippen molar-refractivity contribution in [3.8, 4) is 0 Å².